The number of hydrogen-bond donors (Lipinski definition) is 0. The molecule has 12 aromatic rings. The Morgan fingerprint density at radius 1 is 0.153 bits per heavy atom. The molecule has 0 saturated heterocycles. The van der Waals surface area contributed by atoms with E-state index >= 15 is 0 Å². The monoisotopic (exact) mass is 918 g/mol. The number of hydrogen-bond acceptors (Lipinski definition) is 4. The highest BCUT2D eigenvalue weighted by Gasteiger charge is 2.25. The van der Waals surface area contributed by atoms with E-state index in [4.69, 9.17) is 19.9 Å². The van der Waals surface area contributed by atoms with Crippen molar-refractivity contribution in [2.45, 2.75) is 0 Å². The third kappa shape index (κ3) is 8.93. The van der Waals surface area contributed by atoms with Gasteiger partial charge in [-0.1, -0.05) is 261 Å². The van der Waals surface area contributed by atoms with Crippen LogP contribution in [-0.4, -0.2) is 19.9 Å². The molecule has 4 heteroatoms. The Bertz CT molecular complexity index is 3600. The molecule has 0 radical (unpaired) electrons. The van der Waals surface area contributed by atoms with Gasteiger partial charge in [-0.3, -0.25) is 0 Å². The standard InChI is InChI=1S/C68H46N4/c1-7-22-47(23-8-1)55-34-19-37-58(44-55)66-70-67(59-38-20-35-56(45-59)48-24-9-2-10-25-48)72-68(71-66)60-39-21-36-57(46-60)49-40-42-52(43-41-49)61-62(50-26-11-3-12-27-50)64(53-30-15-5-16-31-53)69-65(54-32-17-6-18-33-54)63(61)51-28-13-4-14-29-51/h1-46H. The Kier molecular flexibility index (Phi) is 12.0. The zero-order chi connectivity index (χ0) is 48.1. The Balaban J connectivity index is 1.00. The van der Waals surface area contributed by atoms with Crippen molar-refractivity contribution < 1.29 is 0 Å². The second-order valence-electron chi connectivity index (χ2n) is 17.8. The number of nitrogens with zero attached hydrogens (tertiary/aromatic N) is 4. The number of rotatable bonds is 11. The minimum atomic E-state index is 0.599. The van der Waals surface area contributed by atoms with Crippen LogP contribution in [0.25, 0.3) is 123 Å². The molecule has 10 aromatic carbocycles. The largest absolute Gasteiger partial charge is 0.246 e. The number of benzene rings is 10. The van der Waals surface area contributed by atoms with Crippen LogP contribution in [0.4, 0.5) is 0 Å². The highest BCUT2D eigenvalue weighted by Crippen LogP contribution is 2.49. The van der Waals surface area contributed by atoms with Crippen LogP contribution in [0.2, 0.25) is 0 Å². The lowest BCUT2D eigenvalue weighted by Gasteiger charge is -2.23. The summed E-state index contributed by atoms with van der Waals surface area (Å²) in [5.74, 6) is 1.82. The zero-order valence-electron chi connectivity index (χ0n) is 39.3. The van der Waals surface area contributed by atoms with Crippen molar-refractivity contribution in [3.63, 3.8) is 0 Å². The molecular weight excluding hydrogens is 873 g/mol. The molecule has 0 fully saturated rings. The van der Waals surface area contributed by atoms with E-state index < -0.39 is 0 Å². The summed E-state index contributed by atoms with van der Waals surface area (Å²) in [6.45, 7) is 0. The summed E-state index contributed by atoms with van der Waals surface area (Å²) in [7, 11) is 0. The Morgan fingerprint density at radius 2 is 0.389 bits per heavy atom. The molecule has 338 valence electrons. The van der Waals surface area contributed by atoms with Gasteiger partial charge in [-0.15, -0.1) is 0 Å². The topological polar surface area (TPSA) is 51.6 Å². The maximum atomic E-state index is 5.63. The van der Waals surface area contributed by atoms with Crippen LogP contribution in [0, 0.1) is 0 Å². The van der Waals surface area contributed by atoms with E-state index in [1.807, 2.05) is 12.1 Å². The lowest BCUT2D eigenvalue weighted by molar-refractivity contribution is 1.07. The van der Waals surface area contributed by atoms with Gasteiger partial charge in [0.05, 0.1) is 11.4 Å². The van der Waals surface area contributed by atoms with Gasteiger partial charge in [0.1, 0.15) is 0 Å². The van der Waals surface area contributed by atoms with E-state index in [0.29, 0.717) is 17.5 Å². The van der Waals surface area contributed by atoms with Crippen LogP contribution in [-0.2, 0) is 0 Å². The van der Waals surface area contributed by atoms with E-state index in [2.05, 4.69) is 267 Å². The molecule has 2 aromatic heterocycles. The van der Waals surface area contributed by atoms with Crippen molar-refractivity contribution in [2.24, 2.45) is 0 Å². The fourth-order valence-corrected chi connectivity index (χ4v) is 9.62. The fraction of sp³-hybridized carbons (Fsp3) is 0. The van der Waals surface area contributed by atoms with Crippen molar-refractivity contribution in [1.82, 2.24) is 19.9 Å². The smallest absolute Gasteiger partial charge is 0.164 e. The van der Waals surface area contributed by atoms with Crippen molar-refractivity contribution >= 4 is 0 Å². The van der Waals surface area contributed by atoms with E-state index in [1.165, 1.54) is 0 Å². The molecule has 72 heavy (non-hydrogen) atoms. The number of aromatic nitrogens is 4. The van der Waals surface area contributed by atoms with Crippen molar-refractivity contribution in [3.05, 3.63) is 279 Å². The van der Waals surface area contributed by atoms with Gasteiger partial charge in [-0.2, -0.15) is 0 Å². The maximum Gasteiger partial charge on any atom is 0.164 e. The van der Waals surface area contributed by atoms with Crippen LogP contribution in [0.3, 0.4) is 0 Å². The molecule has 0 aliphatic carbocycles. The molecule has 4 nitrogen and oxygen atoms in total. The van der Waals surface area contributed by atoms with Gasteiger partial charge in [0.25, 0.3) is 0 Å². The van der Waals surface area contributed by atoms with E-state index in [0.717, 1.165) is 106 Å². The first-order valence-electron chi connectivity index (χ1n) is 24.3. The molecule has 0 saturated carbocycles. The normalized spacial score (nSPS) is 11.1. The summed E-state index contributed by atoms with van der Waals surface area (Å²) >= 11 is 0. The quantitative estimate of drug-likeness (QED) is 0.130. The van der Waals surface area contributed by atoms with Crippen molar-refractivity contribution in [3.8, 4) is 123 Å². The Hall–Kier alpha value is -9.64. The van der Waals surface area contributed by atoms with Gasteiger partial charge >= 0.3 is 0 Å². The molecule has 12 rings (SSSR count). The molecule has 0 amide bonds. The maximum absolute atomic E-state index is 5.63. The van der Waals surface area contributed by atoms with Gasteiger partial charge in [0, 0.05) is 44.5 Å². The zero-order valence-corrected chi connectivity index (χ0v) is 39.3. The lowest BCUT2D eigenvalue weighted by Crippen LogP contribution is -2.01. The summed E-state index contributed by atoms with van der Waals surface area (Å²) in [4.78, 5) is 21.2. The molecule has 0 unspecified atom stereocenters. The van der Waals surface area contributed by atoms with Gasteiger partial charge in [-0.25, -0.2) is 19.9 Å². The van der Waals surface area contributed by atoms with Crippen molar-refractivity contribution in [2.75, 3.05) is 0 Å². The average Bonchev–Trinajstić information content (AvgIpc) is 3.48. The van der Waals surface area contributed by atoms with Crippen LogP contribution in [0.1, 0.15) is 0 Å². The van der Waals surface area contributed by atoms with Gasteiger partial charge < -0.3 is 0 Å². The predicted octanol–water partition coefficient (Wildman–Crippen LogP) is 17.6. The third-order valence-electron chi connectivity index (χ3n) is 13.1. The van der Waals surface area contributed by atoms with Gasteiger partial charge in [0.2, 0.25) is 0 Å². The molecular formula is C68H46N4. The van der Waals surface area contributed by atoms with Crippen molar-refractivity contribution in [1.29, 1.82) is 0 Å². The Labute approximate surface area is 420 Å². The first-order valence-corrected chi connectivity index (χ1v) is 24.3. The van der Waals surface area contributed by atoms with E-state index in [1.54, 1.807) is 0 Å². The molecule has 0 bridgehead atoms. The molecule has 0 aliphatic heterocycles. The first-order chi connectivity index (χ1) is 35.7. The summed E-state index contributed by atoms with van der Waals surface area (Å²) in [6, 6.07) is 97.8. The van der Waals surface area contributed by atoms with Crippen LogP contribution >= 0.6 is 0 Å². The minimum Gasteiger partial charge on any atom is -0.246 e. The summed E-state index contributed by atoms with van der Waals surface area (Å²) in [5.41, 5.74) is 19.9. The van der Waals surface area contributed by atoms with Crippen LogP contribution in [0.5, 0.6) is 0 Å². The average molecular weight is 919 g/mol. The second kappa shape index (κ2) is 19.8. The van der Waals surface area contributed by atoms with Gasteiger partial charge in [0.15, 0.2) is 17.5 Å². The van der Waals surface area contributed by atoms with Crippen LogP contribution in [0.15, 0.2) is 279 Å². The molecule has 0 atom stereocenters. The summed E-state index contributed by atoms with van der Waals surface area (Å²) in [6.07, 6.45) is 0. The van der Waals surface area contributed by atoms with E-state index in [9.17, 15) is 0 Å². The molecule has 0 spiro atoms. The first kappa shape index (κ1) is 43.6. The van der Waals surface area contributed by atoms with Crippen LogP contribution < -0.4 is 0 Å². The van der Waals surface area contributed by atoms with E-state index in [-0.39, 0.29) is 0 Å². The fourth-order valence-electron chi connectivity index (χ4n) is 9.62. The predicted molar refractivity (Wildman–Crippen MR) is 297 cm³/mol. The molecule has 0 N–H and O–H groups in total. The minimum absolute atomic E-state index is 0.599. The summed E-state index contributed by atoms with van der Waals surface area (Å²) in [5, 5.41) is 0. The highest BCUT2D eigenvalue weighted by atomic mass is 15.0. The highest BCUT2D eigenvalue weighted by molar-refractivity contribution is 6.05. The van der Waals surface area contributed by atoms with Gasteiger partial charge in [-0.05, 0) is 68.3 Å². The lowest BCUT2D eigenvalue weighted by atomic mass is 9.83. The molecule has 0 aliphatic rings. The summed E-state index contributed by atoms with van der Waals surface area (Å²) < 4.78 is 0. The number of pyridine rings is 1. The molecule has 2 heterocycles. The third-order valence-corrected chi connectivity index (χ3v) is 13.1. The SMILES string of the molecule is c1ccc(-c2cccc(-c3nc(-c4cccc(-c5ccccc5)c4)nc(-c4cccc(-c5ccc(-c6c(-c7ccccc7)c(-c7ccccc7)nc(-c7ccccc7)c6-c6ccccc6)cc5)c4)n3)c2)cc1. The Morgan fingerprint density at radius 3 is 0.722 bits per heavy atom. The second-order valence-corrected chi connectivity index (χ2v) is 17.8.